The summed E-state index contributed by atoms with van der Waals surface area (Å²) in [7, 11) is 1.60. The maximum Gasteiger partial charge on any atom is 0.213 e. The van der Waals surface area contributed by atoms with Crippen molar-refractivity contribution in [3.8, 4) is 5.88 Å². The molecule has 0 unspecified atom stereocenters. The Balaban J connectivity index is 2.02. The van der Waals surface area contributed by atoms with E-state index in [0.29, 0.717) is 17.6 Å². The van der Waals surface area contributed by atoms with Gasteiger partial charge in [-0.3, -0.25) is 0 Å². The van der Waals surface area contributed by atoms with Crippen LogP contribution in [0.2, 0.25) is 5.15 Å². The number of nitrogens with one attached hydrogen (secondary N) is 1. The summed E-state index contributed by atoms with van der Waals surface area (Å²) in [4.78, 5) is 8.21. The fraction of sp³-hybridized carbons (Fsp3) is 0.167. The molecule has 0 spiro atoms. The first-order chi connectivity index (χ1) is 8.28. The molecule has 0 atom stereocenters. The highest BCUT2D eigenvalue weighted by atomic mass is 35.5. The monoisotopic (exact) mass is 249 g/mol. The molecule has 0 saturated heterocycles. The van der Waals surface area contributed by atoms with Crippen molar-refractivity contribution in [2.75, 3.05) is 12.4 Å². The van der Waals surface area contributed by atoms with Crippen LogP contribution >= 0.6 is 11.6 Å². The molecule has 2 aromatic heterocycles. The van der Waals surface area contributed by atoms with Gasteiger partial charge in [0.2, 0.25) is 5.88 Å². The first-order valence-corrected chi connectivity index (χ1v) is 5.51. The fourth-order valence-corrected chi connectivity index (χ4v) is 1.55. The number of rotatable bonds is 4. The van der Waals surface area contributed by atoms with Crippen LogP contribution < -0.4 is 10.1 Å². The van der Waals surface area contributed by atoms with Gasteiger partial charge in [0, 0.05) is 18.0 Å². The summed E-state index contributed by atoms with van der Waals surface area (Å²) in [6.07, 6.45) is 1.66. The van der Waals surface area contributed by atoms with Gasteiger partial charge in [-0.1, -0.05) is 17.7 Å². The highest BCUT2D eigenvalue weighted by Gasteiger charge is 1.98. The first kappa shape index (κ1) is 11.7. The highest BCUT2D eigenvalue weighted by molar-refractivity contribution is 6.29. The highest BCUT2D eigenvalue weighted by Crippen LogP contribution is 2.13. The third kappa shape index (κ3) is 3.32. The molecule has 0 saturated carbocycles. The molecule has 88 valence electrons. The van der Waals surface area contributed by atoms with Crippen molar-refractivity contribution in [3.05, 3.63) is 47.4 Å². The summed E-state index contributed by atoms with van der Waals surface area (Å²) in [5, 5.41) is 3.68. The maximum atomic E-state index is 5.79. The van der Waals surface area contributed by atoms with Gasteiger partial charge in [-0.15, -0.1) is 0 Å². The van der Waals surface area contributed by atoms with E-state index in [1.807, 2.05) is 24.3 Å². The minimum absolute atomic E-state index is 0.466. The Morgan fingerprint density at radius 3 is 3.00 bits per heavy atom. The molecule has 0 bridgehead atoms. The third-order valence-corrected chi connectivity index (χ3v) is 2.40. The summed E-state index contributed by atoms with van der Waals surface area (Å²) >= 11 is 5.79. The van der Waals surface area contributed by atoms with E-state index < -0.39 is 0 Å². The number of hydrogen-bond donors (Lipinski definition) is 1. The van der Waals surface area contributed by atoms with Gasteiger partial charge in [-0.25, -0.2) is 9.97 Å². The Morgan fingerprint density at radius 2 is 2.24 bits per heavy atom. The number of anilines is 1. The van der Waals surface area contributed by atoms with Crippen molar-refractivity contribution in [3.63, 3.8) is 0 Å². The Hall–Kier alpha value is -1.81. The van der Waals surface area contributed by atoms with Crippen molar-refractivity contribution in [1.29, 1.82) is 0 Å². The standard InChI is InChI=1S/C12H12ClN3O/c1-17-12-4-2-3-10(16-12)8-15-9-5-6-14-11(13)7-9/h2-7H,8H2,1H3,(H,14,15). The van der Waals surface area contributed by atoms with Crippen molar-refractivity contribution in [2.24, 2.45) is 0 Å². The molecule has 0 fully saturated rings. The van der Waals surface area contributed by atoms with Gasteiger partial charge in [0.05, 0.1) is 19.3 Å². The Kier molecular flexibility index (Phi) is 3.77. The van der Waals surface area contributed by atoms with Gasteiger partial charge in [0.25, 0.3) is 0 Å². The fourth-order valence-electron chi connectivity index (χ4n) is 1.37. The SMILES string of the molecule is COc1cccc(CNc2ccnc(Cl)c2)n1. The molecule has 2 aromatic rings. The van der Waals surface area contributed by atoms with Crippen molar-refractivity contribution < 1.29 is 4.74 Å². The van der Waals surface area contributed by atoms with E-state index in [2.05, 4.69) is 15.3 Å². The minimum Gasteiger partial charge on any atom is -0.481 e. The molecule has 5 heteroatoms. The molecule has 0 radical (unpaired) electrons. The van der Waals surface area contributed by atoms with E-state index in [0.717, 1.165) is 11.4 Å². The second-order valence-corrected chi connectivity index (χ2v) is 3.78. The Morgan fingerprint density at radius 1 is 1.35 bits per heavy atom. The molecule has 0 amide bonds. The Bertz CT molecular complexity index is 505. The van der Waals surface area contributed by atoms with Crippen molar-refractivity contribution >= 4 is 17.3 Å². The number of nitrogens with zero attached hydrogens (tertiary/aromatic N) is 2. The van der Waals surface area contributed by atoms with Gasteiger partial charge in [0.1, 0.15) is 5.15 Å². The molecule has 2 rings (SSSR count). The van der Waals surface area contributed by atoms with E-state index in [9.17, 15) is 0 Å². The lowest BCUT2D eigenvalue weighted by Crippen LogP contribution is -2.02. The van der Waals surface area contributed by atoms with E-state index >= 15 is 0 Å². The number of pyridine rings is 2. The summed E-state index contributed by atoms with van der Waals surface area (Å²) in [6, 6.07) is 9.27. The smallest absolute Gasteiger partial charge is 0.213 e. The number of halogens is 1. The van der Waals surface area contributed by atoms with Gasteiger partial charge < -0.3 is 10.1 Å². The maximum absolute atomic E-state index is 5.79. The van der Waals surface area contributed by atoms with Crippen LogP contribution in [0.3, 0.4) is 0 Å². The van der Waals surface area contributed by atoms with E-state index in [1.165, 1.54) is 0 Å². The van der Waals surface area contributed by atoms with E-state index in [4.69, 9.17) is 16.3 Å². The number of ether oxygens (including phenoxy) is 1. The predicted molar refractivity (Wildman–Crippen MR) is 67.4 cm³/mol. The summed E-state index contributed by atoms with van der Waals surface area (Å²) in [5.74, 6) is 0.608. The van der Waals surface area contributed by atoms with Crippen LogP contribution in [0.4, 0.5) is 5.69 Å². The topological polar surface area (TPSA) is 47.0 Å². The zero-order valence-corrected chi connectivity index (χ0v) is 10.1. The van der Waals surface area contributed by atoms with Crippen LogP contribution in [-0.4, -0.2) is 17.1 Å². The van der Waals surface area contributed by atoms with Crippen LogP contribution in [0.1, 0.15) is 5.69 Å². The van der Waals surface area contributed by atoms with Crippen LogP contribution in [-0.2, 0) is 6.54 Å². The first-order valence-electron chi connectivity index (χ1n) is 5.13. The van der Waals surface area contributed by atoms with Gasteiger partial charge in [0.15, 0.2) is 0 Å². The molecular weight excluding hydrogens is 238 g/mol. The zero-order chi connectivity index (χ0) is 12.1. The average Bonchev–Trinajstić information content (AvgIpc) is 2.37. The molecule has 17 heavy (non-hydrogen) atoms. The molecule has 4 nitrogen and oxygen atoms in total. The summed E-state index contributed by atoms with van der Waals surface area (Å²) in [6.45, 7) is 0.609. The Labute approximate surface area is 105 Å². The van der Waals surface area contributed by atoms with Crippen LogP contribution in [0.5, 0.6) is 5.88 Å². The van der Waals surface area contributed by atoms with Gasteiger partial charge >= 0.3 is 0 Å². The van der Waals surface area contributed by atoms with E-state index in [-0.39, 0.29) is 0 Å². The van der Waals surface area contributed by atoms with Crippen molar-refractivity contribution in [1.82, 2.24) is 9.97 Å². The molecule has 1 N–H and O–H groups in total. The molecule has 0 aromatic carbocycles. The van der Waals surface area contributed by atoms with E-state index in [1.54, 1.807) is 19.4 Å². The normalized spacial score (nSPS) is 10.0. The second-order valence-electron chi connectivity index (χ2n) is 3.39. The predicted octanol–water partition coefficient (Wildman–Crippen LogP) is 2.75. The van der Waals surface area contributed by atoms with Gasteiger partial charge in [-0.2, -0.15) is 0 Å². The number of aromatic nitrogens is 2. The summed E-state index contributed by atoms with van der Waals surface area (Å²) < 4.78 is 5.06. The minimum atomic E-state index is 0.466. The largest absolute Gasteiger partial charge is 0.481 e. The zero-order valence-electron chi connectivity index (χ0n) is 9.35. The second kappa shape index (κ2) is 5.50. The van der Waals surface area contributed by atoms with Crippen LogP contribution in [0.15, 0.2) is 36.5 Å². The lowest BCUT2D eigenvalue weighted by Gasteiger charge is -2.06. The third-order valence-electron chi connectivity index (χ3n) is 2.19. The van der Waals surface area contributed by atoms with Crippen LogP contribution in [0.25, 0.3) is 0 Å². The molecule has 0 aliphatic heterocycles. The molecular formula is C12H12ClN3O. The average molecular weight is 250 g/mol. The molecule has 0 aliphatic rings. The molecule has 2 heterocycles. The van der Waals surface area contributed by atoms with Gasteiger partial charge in [-0.05, 0) is 18.2 Å². The van der Waals surface area contributed by atoms with Crippen LogP contribution in [0, 0.1) is 0 Å². The molecule has 0 aliphatic carbocycles. The number of hydrogen-bond acceptors (Lipinski definition) is 4. The lowest BCUT2D eigenvalue weighted by atomic mass is 10.3. The van der Waals surface area contributed by atoms with Crippen molar-refractivity contribution in [2.45, 2.75) is 6.54 Å². The summed E-state index contributed by atoms with van der Waals surface area (Å²) in [5.41, 5.74) is 1.81. The lowest BCUT2D eigenvalue weighted by molar-refractivity contribution is 0.396. The quantitative estimate of drug-likeness (QED) is 0.847. The number of methoxy groups -OCH3 is 1.